The number of methoxy groups -OCH3 is 1. The Labute approximate surface area is 96.9 Å². The summed E-state index contributed by atoms with van der Waals surface area (Å²) in [6.45, 7) is 1.02. The van der Waals surface area contributed by atoms with Gasteiger partial charge in [0.05, 0.1) is 28.3 Å². The SMILES string of the molecule is COc1cccc(C[N+](C)(C)C)c1.[Br-]. The highest BCUT2D eigenvalue weighted by atomic mass is 79.9. The van der Waals surface area contributed by atoms with E-state index in [1.165, 1.54) is 5.56 Å². The number of benzene rings is 1. The van der Waals surface area contributed by atoms with Gasteiger partial charge in [-0.2, -0.15) is 0 Å². The largest absolute Gasteiger partial charge is 1.00 e. The molecule has 0 bridgehead atoms. The fourth-order valence-corrected chi connectivity index (χ4v) is 1.32. The smallest absolute Gasteiger partial charge is 0.119 e. The van der Waals surface area contributed by atoms with Crippen molar-refractivity contribution in [2.75, 3.05) is 28.3 Å². The highest BCUT2D eigenvalue weighted by molar-refractivity contribution is 5.27. The lowest BCUT2D eigenvalue weighted by molar-refractivity contribution is -0.884. The van der Waals surface area contributed by atoms with Crippen LogP contribution in [0.3, 0.4) is 0 Å². The van der Waals surface area contributed by atoms with Gasteiger partial charge in [0.25, 0.3) is 0 Å². The van der Waals surface area contributed by atoms with Crippen LogP contribution in [0.5, 0.6) is 5.75 Å². The van der Waals surface area contributed by atoms with Gasteiger partial charge < -0.3 is 26.2 Å². The third-order valence-corrected chi connectivity index (χ3v) is 1.79. The van der Waals surface area contributed by atoms with Crippen molar-refractivity contribution < 1.29 is 26.2 Å². The topological polar surface area (TPSA) is 9.23 Å². The summed E-state index contributed by atoms with van der Waals surface area (Å²) in [6.07, 6.45) is 0. The van der Waals surface area contributed by atoms with Gasteiger partial charge in [0.15, 0.2) is 0 Å². The van der Waals surface area contributed by atoms with E-state index in [-0.39, 0.29) is 17.0 Å². The molecule has 0 heterocycles. The number of nitrogens with zero attached hydrogens (tertiary/aromatic N) is 1. The molecule has 0 aliphatic rings. The van der Waals surface area contributed by atoms with Gasteiger partial charge in [-0.15, -0.1) is 0 Å². The lowest BCUT2D eigenvalue weighted by Crippen LogP contribution is -3.00. The molecule has 0 aliphatic heterocycles. The number of hydrogen-bond acceptors (Lipinski definition) is 1. The molecule has 80 valence electrons. The summed E-state index contributed by atoms with van der Waals surface area (Å²) >= 11 is 0. The predicted molar refractivity (Wildman–Crippen MR) is 54.7 cm³/mol. The maximum absolute atomic E-state index is 5.16. The standard InChI is InChI=1S/C11H18NO.BrH/c1-12(2,3)9-10-6-5-7-11(8-10)13-4;/h5-8H,9H2,1-4H3;1H/q+1;/p-1. The fourth-order valence-electron chi connectivity index (χ4n) is 1.32. The van der Waals surface area contributed by atoms with Crippen LogP contribution in [0.25, 0.3) is 0 Å². The summed E-state index contributed by atoms with van der Waals surface area (Å²) in [4.78, 5) is 0. The lowest BCUT2D eigenvalue weighted by Gasteiger charge is -2.23. The lowest BCUT2D eigenvalue weighted by atomic mass is 10.2. The summed E-state index contributed by atoms with van der Waals surface area (Å²) in [5.41, 5.74) is 1.31. The van der Waals surface area contributed by atoms with Crippen LogP contribution in [0.4, 0.5) is 0 Å². The molecule has 0 N–H and O–H groups in total. The van der Waals surface area contributed by atoms with E-state index < -0.39 is 0 Å². The second-order valence-corrected chi connectivity index (χ2v) is 4.30. The molecule has 1 aromatic carbocycles. The Morgan fingerprint density at radius 2 is 1.86 bits per heavy atom. The molecule has 14 heavy (non-hydrogen) atoms. The van der Waals surface area contributed by atoms with Gasteiger partial charge in [-0.05, 0) is 12.1 Å². The van der Waals surface area contributed by atoms with E-state index in [4.69, 9.17) is 4.74 Å². The second kappa shape index (κ2) is 5.37. The number of rotatable bonds is 3. The summed E-state index contributed by atoms with van der Waals surface area (Å²) in [6, 6.07) is 8.22. The minimum Gasteiger partial charge on any atom is -1.00 e. The summed E-state index contributed by atoms with van der Waals surface area (Å²) in [5.74, 6) is 0.936. The Kier molecular flexibility index (Phi) is 5.16. The minimum atomic E-state index is 0. The maximum atomic E-state index is 5.16. The van der Waals surface area contributed by atoms with Gasteiger partial charge in [-0.3, -0.25) is 0 Å². The second-order valence-electron chi connectivity index (χ2n) is 4.30. The Bertz CT molecular complexity index is 281. The maximum Gasteiger partial charge on any atom is 0.119 e. The molecule has 1 rings (SSSR count). The van der Waals surface area contributed by atoms with Crippen molar-refractivity contribution in [1.82, 2.24) is 0 Å². The van der Waals surface area contributed by atoms with E-state index in [0.717, 1.165) is 16.8 Å². The van der Waals surface area contributed by atoms with Crippen molar-refractivity contribution in [3.63, 3.8) is 0 Å². The van der Waals surface area contributed by atoms with E-state index in [1.807, 2.05) is 12.1 Å². The summed E-state index contributed by atoms with van der Waals surface area (Å²) in [5, 5.41) is 0. The van der Waals surface area contributed by atoms with Crippen molar-refractivity contribution >= 4 is 0 Å². The first kappa shape index (κ1) is 13.5. The van der Waals surface area contributed by atoms with Gasteiger partial charge >= 0.3 is 0 Å². The molecule has 1 aromatic rings. The average Bonchev–Trinajstić information content (AvgIpc) is 2.01. The van der Waals surface area contributed by atoms with Crippen molar-refractivity contribution in [2.24, 2.45) is 0 Å². The molecule has 0 spiro atoms. The Morgan fingerprint density at radius 3 is 2.36 bits per heavy atom. The van der Waals surface area contributed by atoms with Gasteiger partial charge in [0.1, 0.15) is 12.3 Å². The van der Waals surface area contributed by atoms with E-state index >= 15 is 0 Å². The number of ether oxygens (including phenoxy) is 1. The average molecular weight is 260 g/mol. The van der Waals surface area contributed by atoms with E-state index in [9.17, 15) is 0 Å². The first-order valence-electron chi connectivity index (χ1n) is 4.45. The van der Waals surface area contributed by atoms with E-state index in [1.54, 1.807) is 7.11 Å². The molecule has 0 amide bonds. The minimum absolute atomic E-state index is 0. The first-order valence-corrected chi connectivity index (χ1v) is 4.45. The zero-order chi connectivity index (χ0) is 9.90. The molecule has 0 aromatic heterocycles. The third-order valence-electron chi connectivity index (χ3n) is 1.79. The highest BCUT2D eigenvalue weighted by Gasteiger charge is 2.08. The number of hydrogen-bond donors (Lipinski definition) is 0. The van der Waals surface area contributed by atoms with Crippen LogP contribution >= 0.6 is 0 Å². The van der Waals surface area contributed by atoms with Crippen LogP contribution < -0.4 is 21.7 Å². The van der Waals surface area contributed by atoms with Gasteiger partial charge in [0.2, 0.25) is 0 Å². The third kappa shape index (κ3) is 4.63. The quantitative estimate of drug-likeness (QED) is 0.627. The van der Waals surface area contributed by atoms with E-state index in [0.29, 0.717) is 0 Å². The normalized spacial score (nSPS) is 10.6. The number of halogens is 1. The monoisotopic (exact) mass is 259 g/mol. The molecule has 2 nitrogen and oxygen atoms in total. The van der Waals surface area contributed by atoms with Gasteiger partial charge in [-0.1, -0.05) is 12.1 Å². The first-order chi connectivity index (χ1) is 6.01. The molecule has 0 aliphatic carbocycles. The molecular weight excluding hydrogens is 242 g/mol. The molecular formula is C11H18BrNO. The zero-order valence-electron chi connectivity index (χ0n) is 9.25. The summed E-state index contributed by atoms with van der Waals surface area (Å²) in [7, 11) is 8.24. The van der Waals surface area contributed by atoms with Gasteiger partial charge in [0, 0.05) is 5.56 Å². The Hall–Kier alpha value is -0.540. The molecule has 0 saturated carbocycles. The van der Waals surface area contributed by atoms with Crippen LogP contribution in [0.15, 0.2) is 24.3 Å². The fraction of sp³-hybridized carbons (Fsp3) is 0.455. The predicted octanol–water partition coefficient (Wildman–Crippen LogP) is -1.09. The van der Waals surface area contributed by atoms with Crippen molar-refractivity contribution in [3.05, 3.63) is 29.8 Å². The molecule has 0 saturated heterocycles. The number of quaternary nitrogens is 1. The molecule has 0 radical (unpaired) electrons. The van der Waals surface area contributed by atoms with Crippen molar-refractivity contribution in [3.8, 4) is 5.75 Å². The summed E-state index contributed by atoms with van der Waals surface area (Å²) < 4.78 is 6.10. The Balaban J connectivity index is 0.00000169. The van der Waals surface area contributed by atoms with Crippen molar-refractivity contribution in [1.29, 1.82) is 0 Å². The van der Waals surface area contributed by atoms with Crippen LogP contribution in [-0.4, -0.2) is 32.7 Å². The molecule has 3 heteroatoms. The van der Waals surface area contributed by atoms with Crippen LogP contribution in [0.1, 0.15) is 5.56 Å². The molecule has 0 atom stereocenters. The molecule has 0 fully saturated rings. The van der Waals surface area contributed by atoms with Crippen molar-refractivity contribution in [2.45, 2.75) is 6.54 Å². The van der Waals surface area contributed by atoms with Gasteiger partial charge in [-0.25, -0.2) is 0 Å². The van der Waals surface area contributed by atoms with Crippen LogP contribution in [0.2, 0.25) is 0 Å². The highest BCUT2D eigenvalue weighted by Crippen LogP contribution is 2.14. The Morgan fingerprint density at radius 1 is 1.21 bits per heavy atom. The van der Waals surface area contributed by atoms with Crippen LogP contribution in [0, 0.1) is 0 Å². The molecule has 0 unspecified atom stereocenters. The van der Waals surface area contributed by atoms with E-state index in [2.05, 4.69) is 33.3 Å². The zero-order valence-corrected chi connectivity index (χ0v) is 10.8. The van der Waals surface area contributed by atoms with Crippen LogP contribution in [-0.2, 0) is 6.54 Å².